The van der Waals surface area contributed by atoms with Gasteiger partial charge in [0, 0.05) is 24.7 Å². The van der Waals surface area contributed by atoms with Gasteiger partial charge < -0.3 is 15.2 Å². The van der Waals surface area contributed by atoms with Crippen molar-refractivity contribution in [2.24, 2.45) is 5.10 Å². The number of nitrogens with one attached hydrogen (secondary N) is 2. The average molecular weight is 446 g/mol. The van der Waals surface area contributed by atoms with Crippen LogP contribution in [0, 0.1) is 0 Å². The molecular formula is C17H17Cl2N3O3S2. The maximum atomic E-state index is 11.0. The maximum absolute atomic E-state index is 11.0. The molecule has 6 nitrogen and oxygen atoms in total. The number of methoxy groups -OCH3 is 1. The van der Waals surface area contributed by atoms with Gasteiger partial charge in [-0.05, 0) is 35.3 Å². The molecule has 0 aliphatic rings. The van der Waals surface area contributed by atoms with Crippen molar-refractivity contribution in [3.05, 3.63) is 39.2 Å². The maximum Gasteiger partial charge on any atom is 0.307 e. The van der Waals surface area contributed by atoms with Crippen LogP contribution in [0.5, 0.6) is 5.75 Å². The molecule has 0 bridgehead atoms. The normalized spacial score (nSPS) is 10.8. The Hall–Kier alpha value is -1.87. The minimum Gasteiger partial charge on any atom is -0.506 e. The smallest absolute Gasteiger partial charge is 0.307 e. The molecule has 0 saturated heterocycles. The van der Waals surface area contributed by atoms with Crippen LogP contribution in [0.1, 0.15) is 12.0 Å². The summed E-state index contributed by atoms with van der Waals surface area (Å²) in [5.74, 6) is -0.136. The number of aromatic hydroxyl groups is 1. The van der Waals surface area contributed by atoms with Crippen LogP contribution in [-0.4, -0.2) is 36.1 Å². The topological polar surface area (TPSA) is 83.0 Å². The van der Waals surface area contributed by atoms with E-state index >= 15 is 0 Å². The lowest BCUT2D eigenvalue weighted by molar-refractivity contribution is -0.140. The molecule has 144 valence electrons. The van der Waals surface area contributed by atoms with Crippen LogP contribution in [0.3, 0.4) is 0 Å². The lowest BCUT2D eigenvalue weighted by atomic mass is 10.1. The second-order valence-corrected chi connectivity index (χ2v) is 7.38. The summed E-state index contributed by atoms with van der Waals surface area (Å²) in [5.41, 5.74) is 4.17. The molecule has 3 N–H and O–H groups in total. The van der Waals surface area contributed by atoms with E-state index < -0.39 is 0 Å². The lowest BCUT2D eigenvalue weighted by Gasteiger charge is -2.05. The molecule has 0 atom stereocenters. The molecule has 0 fully saturated rings. The highest BCUT2D eigenvalue weighted by molar-refractivity contribution is 7.80. The van der Waals surface area contributed by atoms with E-state index in [9.17, 15) is 9.90 Å². The highest BCUT2D eigenvalue weighted by Gasteiger charge is 2.13. The Labute approximate surface area is 176 Å². The largest absolute Gasteiger partial charge is 0.506 e. The predicted molar refractivity (Wildman–Crippen MR) is 114 cm³/mol. The molecule has 0 spiro atoms. The Morgan fingerprint density at radius 1 is 1.41 bits per heavy atom. The number of rotatable bonds is 7. The van der Waals surface area contributed by atoms with E-state index in [4.69, 9.17) is 35.4 Å². The molecule has 2 rings (SSSR count). The molecule has 0 amide bonds. The lowest BCUT2D eigenvalue weighted by Crippen LogP contribution is -2.33. The SMILES string of the molecule is COC(=O)CCNC(=S)NN=CCc1csc(-c2ccc(Cl)c(Cl)c2)c1O. The summed E-state index contributed by atoms with van der Waals surface area (Å²) in [5, 5.41) is 20.3. The first-order valence-electron chi connectivity index (χ1n) is 7.79. The van der Waals surface area contributed by atoms with E-state index in [1.807, 2.05) is 5.38 Å². The van der Waals surface area contributed by atoms with Crippen LogP contribution in [0.25, 0.3) is 10.4 Å². The van der Waals surface area contributed by atoms with Crippen molar-refractivity contribution in [2.45, 2.75) is 12.8 Å². The molecule has 0 aliphatic carbocycles. The molecular weight excluding hydrogens is 429 g/mol. The van der Waals surface area contributed by atoms with Crippen LogP contribution in [0.2, 0.25) is 10.0 Å². The number of carbonyl (C=O) groups is 1. The van der Waals surface area contributed by atoms with Gasteiger partial charge in [-0.2, -0.15) is 5.10 Å². The van der Waals surface area contributed by atoms with Gasteiger partial charge in [-0.15, -0.1) is 11.3 Å². The van der Waals surface area contributed by atoms with Crippen LogP contribution in [-0.2, 0) is 16.0 Å². The fourth-order valence-corrected chi connectivity index (χ4v) is 3.47. The highest BCUT2D eigenvalue weighted by Crippen LogP contribution is 2.40. The van der Waals surface area contributed by atoms with Crippen molar-refractivity contribution in [2.75, 3.05) is 13.7 Å². The van der Waals surface area contributed by atoms with E-state index in [2.05, 4.69) is 20.6 Å². The Balaban J connectivity index is 1.87. The molecule has 0 radical (unpaired) electrons. The molecule has 1 aromatic heterocycles. The van der Waals surface area contributed by atoms with Gasteiger partial charge in [0.1, 0.15) is 5.75 Å². The van der Waals surface area contributed by atoms with E-state index in [-0.39, 0.29) is 18.1 Å². The highest BCUT2D eigenvalue weighted by atomic mass is 35.5. The van der Waals surface area contributed by atoms with Gasteiger partial charge >= 0.3 is 5.97 Å². The summed E-state index contributed by atoms with van der Waals surface area (Å²) in [6.45, 7) is 0.354. The van der Waals surface area contributed by atoms with Crippen molar-refractivity contribution in [1.82, 2.24) is 10.7 Å². The fourth-order valence-electron chi connectivity index (χ4n) is 2.04. The number of hydrogen-bond donors (Lipinski definition) is 3. The summed E-state index contributed by atoms with van der Waals surface area (Å²) in [6, 6.07) is 5.21. The monoisotopic (exact) mass is 445 g/mol. The molecule has 2 aromatic rings. The number of esters is 1. The van der Waals surface area contributed by atoms with E-state index in [0.29, 0.717) is 33.0 Å². The van der Waals surface area contributed by atoms with Crippen LogP contribution in [0.4, 0.5) is 0 Å². The van der Waals surface area contributed by atoms with Crippen molar-refractivity contribution >= 4 is 64.1 Å². The van der Waals surface area contributed by atoms with Gasteiger partial charge in [0.2, 0.25) is 0 Å². The number of ether oxygens (including phenoxy) is 1. The molecule has 10 heteroatoms. The quantitative estimate of drug-likeness (QED) is 0.258. The van der Waals surface area contributed by atoms with Crippen molar-refractivity contribution in [3.63, 3.8) is 0 Å². The number of benzene rings is 1. The predicted octanol–water partition coefficient (Wildman–Crippen LogP) is 3.98. The van der Waals surface area contributed by atoms with E-state index in [1.54, 1.807) is 24.4 Å². The van der Waals surface area contributed by atoms with Gasteiger partial charge in [0.25, 0.3) is 0 Å². The number of halogens is 2. The fraction of sp³-hybridized carbons (Fsp3) is 0.235. The van der Waals surface area contributed by atoms with Gasteiger partial charge in [-0.3, -0.25) is 10.2 Å². The van der Waals surface area contributed by atoms with Crippen molar-refractivity contribution in [3.8, 4) is 16.2 Å². The molecule has 0 unspecified atom stereocenters. The van der Waals surface area contributed by atoms with Crippen molar-refractivity contribution in [1.29, 1.82) is 0 Å². The molecule has 1 aromatic carbocycles. The summed E-state index contributed by atoms with van der Waals surface area (Å²) in [7, 11) is 1.33. The van der Waals surface area contributed by atoms with E-state index in [0.717, 1.165) is 11.1 Å². The van der Waals surface area contributed by atoms with Crippen LogP contribution < -0.4 is 10.7 Å². The van der Waals surface area contributed by atoms with Crippen LogP contribution >= 0.6 is 46.8 Å². The minimum atomic E-state index is -0.320. The second kappa shape index (κ2) is 10.5. The first-order chi connectivity index (χ1) is 12.9. The molecule has 1 heterocycles. The zero-order valence-electron chi connectivity index (χ0n) is 14.3. The number of hydrogen-bond acceptors (Lipinski definition) is 6. The Bertz CT molecular complexity index is 856. The van der Waals surface area contributed by atoms with Gasteiger partial charge in [0.15, 0.2) is 5.11 Å². The van der Waals surface area contributed by atoms with Crippen molar-refractivity contribution < 1.29 is 14.6 Å². The Kier molecular flexibility index (Phi) is 8.30. The Morgan fingerprint density at radius 2 is 2.19 bits per heavy atom. The van der Waals surface area contributed by atoms with E-state index in [1.165, 1.54) is 18.4 Å². The van der Waals surface area contributed by atoms with Gasteiger partial charge in [-0.1, -0.05) is 29.3 Å². The summed E-state index contributed by atoms with van der Waals surface area (Å²) in [6.07, 6.45) is 2.22. The third kappa shape index (κ3) is 6.35. The standard InChI is InChI=1S/C17H17Cl2N3O3S2/c1-25-14(23)5-6-20-17(26)22-21-7-4-11-9-27-16(15(11)24)10-2-3-12(18)13(19)8-10/h2-3,7-9,24H,4-6H2,1H3,(H2,20,22,26). The number of thiocarbonyl (C=S) groups is 1. The molecule has 27 heavy (non-hydrogen) atoms. The minimum absolute atomic E-state index is 0.184. The number of carbonyl (C=O) groups excluding carboxylic acids is 1. The number of nitrogens with zero attached hydrogens (tertiary/aromatic N) is 1. The summed E-state index contributed by atoms with van der Waals surface area (Å²) in [4.78, 5) is 11.7. The zero-order valence-corrected chi connectivity index (χ0v) is 17.4. The third-order valence-corrected chi connectivity index (χ3v) is 5.47. The second-order valence-electron chi connectivity index (χ2n) is 5.28. The number of hydrazone groups is 1. The first kappa shape index (κ1) is 21.4. The Morgan fingerprint density at radius 3 is 2.89 bits per heavy atom. The summed E-state index contributed by atoms with van der Waals surface area (Å²) < 4.78 is 4.53. The third-order valence-electron chi connectivity index (χ3n) is 3.43. The molecule has 0 saturated carbocycles. The average Bonchev–Trinajstić information content (AvgIpc) is 3.01. The van der Waals surface area contributed by atoms with Crippen LogP contribution in [0.15, 0.2) is 28.7 Å². The van der Waals surface area contributed by atoms with Gasteiger partial charge in [0.05, 0.1) is 28.5 Å². The summed E-state index contributed by atoms with van der Waals surface area (Å²) >= 11 is 18.4. The zero-order chi connectivity index (χ0) is 19.8. The van der Waals surface area contributed by atoms with Gasteiger partial charge in [-0.25, -0.2) is 0 Å². The molecule has 0 aliphatic heterocycles. The first-order valence-corrected chi connectivity index (χ1v) is 9.83. The number of thiophene rings is 1.